The molecular weight excluding hydrogens is 532 g/mol. The lowest BCUT2D eigenvalue weighted by atomic mass is 9.93. The molecule has 0 fully saturated rings. The lowest BCUT2D eigenvalue weighted by Gasteiger charge is -2.27. The maximum absolute atomic E-state index is 4.30. The highest BCUT2D eigenvalue weighted by molar-refractivity contribution is 6.18. The van der Waals surface area contributed by atoms with E-state index in [-0.39, 0.29) is 5.41 Å². The Morgan fingerprint density at radius 1 is 0.545 bits per heavy atom. The molecule has 8 rings (SSSR count). The van der Waals surface area contributed by atoms with Crippen LogP contribution < -0.4 is 4.90 Å². The molecule has 6 aromatic rings. The Balaban J connectivity index is 1.20. The van der Waals surface area contributed by atoms with Gasteiger partial charge in [0.25, 0.3) is 0 Å². The van der Waals surface area contributed by atoms with Crippen molar-refractivity contribution in [1.82, 2.24) is 4.98 Å². The third kappa shape index (κ3) is 4.47. The molecule has 0 radical (unpaired) electrons. The van der Waals surface area contributed by atoms with Gasteiger partial charge in [-0.2, -0.15) is 0 Å². The van der Waals surface area contributed by atoms with Gasteiger partial charge in [0.2, 0.25) is 0 Å². The van der Waals surface area contributed by atoms with Crippen molar-refractivity contribution in [2.24, 2.45) is 5.41 Å². The summed E-state index contributed by atoms with van der Waals surface area (Å²) in [5.41, 5.74) is 13.4. The molecule has 44 heavy (non-hydrogen) atoms. The van der Waals surface area contributed by atoms with Gasteiger partial charge in [0.05, 0.1) is 0 Å². The van der Waals surface area contributed by atoms with Gasteiger partial charge in [-0.1, -0.05) is 117 Å². The number of nitrogens with zero attached hydrogens (tertiary/aromatic N) is 2. The van der Waals surface area contributed by atoms with Crippen LogP contribution in [0.1, 0.15) is 13.8 Å². The SMILES string of the molecule is CC1(C)C=CC=C(N(c2ccc(-c3cccnc3)cc2)c2ccc(-c3ccc4c5c(cccc35)-c3ccccc3-4)cc2)C=C1. The summed E-state index contributed by atoms with van der Waals surface area (Å²) in [7, 11) is 0. The van der Waals surface area contributed by atoms with Crippen LogP contribution in [-0.2, 0) is 0 Å². The van der Waals surface area contributed by atoms with Gasteiger partial charge in [-0.15, -0.1) is 0 Å². The van der Waals surface area contributed by atoms with E-state index in [1.807, 2.05) is 18.5 Å². The highest BCUT2D eigenvalue weighted by atomic mass is 15.1. The fourth-order valence-corrected chi connectivity index (χ4v) is 6.59. The second-order valence-electron chi connectivity index (χ2n) is 12.2. The predicted molar refractivity (Wildman–Crippen MR) is 186 cm³/mol. The van der Waals surface area contributed by atoms with E-state index in [1.165, 1.54) is 44.2 Å². The normalized spacial score (nSPS) is 14.3. The Morgan fingerprint density at radius 3 is 1.91 bits per heavy atom. The fraction of sp³-hybridized carbons (Fsp3) is 0.0714. The van der Waals surface area contributed by atoms with Gasteiger partial charge in [0.1, 0.15) is 0 Å². The van der Waals surface area contributed by atoms with Crippen LogP contribution in [0.2, 0.25) is 0 Å². The minimum Gasteiger partial charge on any atom is -0.311 e. The quantitative estimate of drug-likeness (QED) is 0.207. The average molecular weight is 565 g/mol. The number of allylic oxidation sites excluding steroid dienone is 5. The molecule has 0 atom stereocenters. The van der Waals surface area contributed by atoms with Gasteiger partial charge < -0.3 is 4.90 Å². The summed E-state index contributed by atoms with van der Waals surface area (Å²) < 4.78 is 0. The van der Waals surface area contributed by atoms with Crippen molar-refractivity contribution in [3.63, 3.8) is 0 Å². The Hall–Kier alpha value is -5.47. The molecule has 1 heterocycles. The molecule has 0 unspecified atom stereocenters. The predicted octanol–water partition coefficient (Wildman–Crippen LogP) is 11.4. The molecule has 0 N–H and O–H groups in total. The summed E-state index contributed by atoms with van der Waals surface area (Å²) in [6.45, 7) is 4.46. The summed E-state index contributed by atoms with van der Waals surface area (Å²) in [6.07, 6.45) is 14.9. The molecule has 0 aliphatic heterocycles. The van der Waals surface area contributed by atoms with Gasteiger partial charge in [0.15, 0.2) is 0 Å². The average Bonchev–Trinajstić information content (AvgIpc) is 3.28. The number of rotatable bonds is 5. The number of pyridine rings is 1. The molecule has 1 aromatic heterocycles. The van der Waals surface area contributed by atoms with Crippen LogP contribution in [0.5, 0.6) is 0 Å². The Labute approximate surface area is 259 Å². The molecule has 0 amide bonds. The molecule has 0 spiro atoms. The van der Waals surface area contributed by atoms with Crippen LogP contribution in [0.4, 0.5) is 11.4 Å². The van der Waals surface area contributed by atoms with Gasteiger partial charge in [-0.3, -0.25) is 4.98 Å². The molecule has 2 aliphatic rings. The number of benzene rings is 5. The number of aromatic nitrogens is 1. The molecule has 5 aromatic carbocycles. The number of hydrogen-bond donors (Lipinski definition) is 0. The van der Waals surface area contributed by atoms with Crippen molar-refractivity contribution in [2.75, 3.05) is 4.90 Å². The summed E-state index contributed by atoms with van der Waals surface area (Å²) >= 11 is 0. The van der Waals surface area contributed by atoms with E-state index in [4.69, 9.17) is 0 Å². The van der Waals surface area contributed by atoms with Gasteiger partial charge in [0, 0.05) is 34.9 Å². The zero-order chi connectivity index (χ0) is 29.7. The third-order valence-electron chi connectivity index (χ3n) is 8.84. The number of fused-ring (bicyclic) bond motifs is 3. The van der Waals surface area contributed by atoms with Crippen LogP contribution in [0.3, 0.4) is 0 Å². The zero-order valence-corrected chi connectivity index (χ0v) is 24.9. The molecule has 0 bridgehead atoms. The van der Waals surface area contributed by atoms with Crippen molar-refractivity contribution < 1.29 is 0 Å². The van der Waals surface area contributed by atoms with E-state index in [2.05, 4.69) is 163 Å². The minimum absolute atomic E-state index is 0.00657. The molecule has 2 nitrogen and oxygen atoms in total. The monoisotopic (exact) mass is 564 g/mol. The van der Waals surface area contributed by atoms with E-state index in [1.54, 1.807) is 0 Å². The maximum atomic E-state index is 4.30. The Morgan fingerprint density at radius 2 is 1.20 bits per heavy atom. The van der Waals surface area contributed by atoms with Gasteiger partial charge in [-0.25, -0.2) is 0 Å². The second-order valence-corrected chi connectivity index (χ2v) is 12.2. The highest BCUT2D eigenvalue weighted by Crippen LogP contribution is 2.49. The minimum atomic E-state index is -0.00657. The van der Waals surface area contributed by atoms with Crippen LogP contribution in [0, 0.1) is 5.41 Å². The first kappa shape index (κ1) is 26.2. The molecule has 210 valence electrons. The van der Waals surface area contributed by atoms with Crippen LogP contribution in [-0.4, -0.2) is 4.98 Å². The van der Waals surface area contributed by atoms with Crippen LogP contribution in [0.15, 0.2) is 164 Å². The van der Waals surface area contributed by atoms with Gasteiger partial charge in [-0.05, 0) is 97.8 Å². The summed E-state index contributed by atoms with van der Waals surface area (Å²) in [5.74, 6) is 0. The Kier molecular flexibility index (Phi) is 6.16. The third-order valence-corrected chi connectivity index (χ3v) is 8.84. The van der Waals surface area contributed by atoms with Crippen molar-refractivity contribution in [3.8, 4) is 44.5 Å². The molecule has 0 saturated heterocycles. The largest absolute Gasteiger partial charge is 0.311 e. The first-order valence-corrected chi connectivity index (χ1v) is 15.2. The van der Waals surface area contributed by atoms with Crippen molar-refractivity contribution >= 4 is 22.1 Å². The standard InChI is InChI=1S/C42H32N2/c1-42(2)25-6-9-32(24-26-42)44(33-18-14-29(15-19-33)31-8-7-27-43-28-31)34-20-16-30(17-21-34)35-22-23-40-37-11-4-3-10-36(37)39-13-5-12-38(35)41(39)40/h3-28H,1-2H3. The summed E-state index contributed by atoms with van der Waals surface area (Å²) in [6, 6.07) is 41.9. The fourth-order valence-electron chi connectivity index (χ4n) is 6.59. The van der Waals surface area contributed by atoms with Gasteiger partial charge >= 0.3 is 0 Å². The summed E-state index contributed by atoms with van der Waals surface area (Å²) in [5, 5.41) is 2.65. The Bertz CT molecular complexity index is 2080. The maximum Gasteiger partial charge on any atom is 0.0462 e. The van der Waals surface area contributed by atoms with Crippen molar-refractivity contribution in [3.05, 3.63) is 164 Å². The van der Waals surface area contributed by atoms with E-state index >= 15 is 0 Å². The first-order chi connectivity index (χ1) is 21.6. The summed E-state index contributed by atoms with van der Waals surface area (Å²) in [4.78, 5) is 6.64. The number of anilines is 2. The highest BCUT2D eigenvalue weighted by Gasteiger charge is 2.22. The van der Waals surface area contributed by atoms with E-state index < -0.39 is 0 Å². The van der Waals surface area contributed by atoms with E-state index in [9.17, 15) is 0 Å². The molecular formula is C42H32N2. The van der Waals surface area contributed by atoms with Crippen molar-refractivity contribution in [2.45, 2.75) is 13.8 Å². The lowest BCUT2D eigenvalue weighted by Crippen LogP contribution is -2.15. The van der Waals surface area contributed by atoms with Crippen molar-refractivity contribution in [1.29, 1.82) is 0 Å². The molecule has 2 aliphatic carbocycles. The zero-order valence-electron chi connectivity index (χ0n) is 24.9. The van der Waals surface area contributed by atoms with E-state index in [0.717, 1.165) is 28.2 Å². The molecule has 0 saturated carbocycles. The van der Waals surface area contributed by atoms with Crippen LogP contribution >= 0.6 is 0 Å². The first-order valence-electron chi connectivity index (χ1n) is 15.2. The topological polar surface area (TPSA) is 16.1 Å². The second kappa shape index (κ2) is 10.4. The van der Waals surface area contributed by atoms with Crippen LogP contribution in [0.25, 0.3) is 55.3 Å². The smallest absolute Gasteiger partial charge is 0.0462 e. The molecule has 2 heteroatoms. The lowest BCUT2D eigenvalue weighted by molar-refractivity contribution is 0.627. The number of hydrogen-bond acceptors (Lipinski definition) is 2. The van der Waals surface area contributed by atoms with E-state index in [0.29, 0.717) is 0 Å².